The van der Waals surface area contributed by atoms with Crippen molar-refractivity contribution >= 4 is 21.4 Å². The molecule has 0 aliphatic heterocycles. The Morgan fingerprint density at radius 3 is 2.62 bits per heavy atom. The summed E-state index contributed by atoms with van der Waals surface area (Å²) in [5, 5.41) is 4.67. The zero-order chi connectivity index (χ0) is 15.6. The van der Waals surface area contributed by atoms with E-state index >= 15 is 0 Å². The van der Waals surface area contributed by atoms with Gasteiger partial charge in [0.2, 0.25) is 10.0 Å². The topological polar surface area (TPSA) is 71.3 Å². The molecular weight excluding hydrogens is 308 g/mol. The summed E-state index contributed by atoms with van der Waals surface area (Å²) < 4.78 is 32.9. The monoisotopic (exact) mass is 328 g/mol. The van der Waals surface area contributed by atoms with E-state index in [1.54, 1.807) is 11.4 Å². The Kier molecular flexibility index (Phi) is 4.88. The molecule has 2 heterocycles. The van der Waals surface area contributed by atoms with Crippen LogP contribution in [0.4, 0.5) is 0 Å². The minimum Gasteiger partial charge on any atom is -0.466 e. The Bertz CT molecular complexity index is 716. The number of hydrogen-bond acceptors (Lipinski definition) is 5. The average Bonchev–Trinajstić information content (AvgIpc) is 2.96. The molecule has 0 spiro atoms. The van der Waals surface area contributed by atoms with Crippen LogP contribution in [0.5, 0.6) is 0 Å². The smallest absolute Gasteiger partial charge is 0.241 e. The lowest BCUT2D eigenvalue weighted by Crippen LogP contribution is -2.26. The summed E-state index contributed by atoms with van der Waals surface area (Å²) in [5.41, 5.74) is 0.863. The normalized spacial score (nSPS) is 13.5. The van der Waals surface area contributed by atoms with Crippen molar-refractivity contribution in [1.29, 1.82) is 0 Å². The SMILES string of the molecule is CNCc1cc(S(=O)(=O)NC(C)c2cc(C)oc2C)cs1. The molecule has 2 N–H and O–H groups in total. The van der Waals surface area contributed by atoms with Crippen LogP contribution in [0.2, 0.25) is 0 Å². The van der Waals surface area contributed by atoms with E-state index in [4.69, 9.17) is 4.42 Å². The van der Waals surface area contributed by atoms with Crippen LogP contribution in [0.15, 0.2) is 26.8 Å². The first-order valence-electron chi connectivity index (χ1n) is 6.64. The van der Waals surface area contributed by atoms with Crippen molar-refractivity contribution in [1.82, 2.24) is 10.0 Å². The molecule has 0 amide bonds. The van der Waals surface area contributed by atoms with Crippen LogP contribution in [-0.4, -0.2) is 15.5 Å². The largest absolute Gasteiger partial charge is 0.466 e. The first kappa shape index (κ1) is 16.2. The van der Waals surface area contributed by atoms with Crippen LogP contribution in [0.3, 0.4) is 0 Å². The van der Waals surface area contributed by atoms with Crippen molar-refractivity contribution in [2.75, 3.05) is 7.05 Å². The van der Waals surface area contributed by atoms with E-state index < -0.39 is 10.0 Å². The van der Waals surface area contributed by atoms with Crippen molar-refractivity contribution in [3.63, 3.8) is 0 Å². The number of rotatable bonds is 6. The fourth-order valence-corrected chi connectivity index (χ4v) is 4.72. The van der Waals surface area contributed by atoms with Crippen LogP contribution in [0.25, 0.3) is 0 Å². The fourth-order valence-electron chi connectivity index (χ4n) is 2.21. The van der Waals surface area contributed by atoms with Gasteiger partial charge in [-0.15, -0.1) is 11.3 Å². The predicted octanol–water partition coefficient (Wildman–Crippen LogP) is 2.72. The Morgan fingerprint density at radius 1 is 1.33 bits per heavy atom. The van der Waals surface area contributed by atoms with Gasteiger partial charge in [-0.2, -0.15) is 0 Å². The molecule has 1 unspecified atom stereocenters. The molecule has 0 bridgehead atoms. The third-order valence-electron chi connectivity index (χ3n) is 3.17. The maximum absolute atomic E-state index is 12.4. The molecule has 21 heavy (non-hydrogen) atoms. The molecule has 0 saturated heterocycles. The minimum absolute atomic E-state index is 0.308. The lowest BCUT2D eigenvalue weighted by atomic mass is 10.1. The second-order valence-corrected chi connectivity index (χ2v) is 7.70. The lowest BCUT2D eigenvalue weighted by molar-refractivity contribution is 0.496. The number of sulfonamides is 1. The van der Waals surface area contributed by atoms with Crippen LogP contribution < -0.4 is 10.0 Å². The van der Waals surface area contributed by atoms with Crippen LogP contribution in [0, 0.1) is 13.8 Å². The molecule has 2 rings (SSSR count). The van der Waals surface area contributed by atoms with Gasteiger partial charge in [0.05, 0.1) is 4.90 Å². The van der Waals surface area contributed by atoms with E-state index in [0.29, 0.717) is 11.4 Å². The van der Waals surface area contributed by atoms with Gasteiger partial charge in [-0.25, -0.2) is 13.1 Å². The van der Waals surface area contributed by atoms with Crippen molar-refractivity contribution in [2.24, 2.45) is 0 Å². The van der Waals surface area contributed by atoms with Crippen LogP contribution in [0.1, 0.15) is 34.9 Å². The molecule has 0 aliphatic rings. The third kappa shape index (κ3) is 3.74. The quantitative estimate of drug-likeness (QED) is 0.855. The Labute approximate surface area is 129 Å². The van der Waals surface area contributed by atoms with Gasteiger partial charge in [-0.1, -0.05) is 0 Å². The van der Waals surface area contributed by atoms with Gasteiger partial charge < -0.3 is 9.73 Å². The molecule has 116 valence electrons. The van der Waals surface area contributed by atoms with E-state index in [1.807, 2.05) is 33.9 Å². The Hall–Kier alpha value is -1.15. The van der Waals surface area contributed by atoms with Gasteiger partial charge >= 0.3 is 0 Å². The maximum Gasteiger partial charge on any atom is 0.241 e. The van der Waals surface area contributed by atoms with E-state index in [2.05, 4.69) is 10.0 Å². The molecule has 2 aromatic rings. The first-order valence-corrected chi connectivity index (χ1v) is 9.01. The molecule has 1 atom stereocenters. The summed E-state index contributed by atoms with van der Waals surface area (Å²) in [6.45, 7) is 6.16. The Balaban J connectivity index is 2.18. The molecule has 0 aliphatic carbocycles. The summed E-state index contributed by atoms with van der Waals surface area (Å²) in [6, 6.07) is 3.23. The van der Waals surface area contributed by atoms with Crippen molar-refractivity contribution in [3.8, 4) is 0 Å². The first-order chi connectivity index (χ1) is 9.83. The zero-order valence-electron chi connectivity index (χ0n) is 12.6. The summed E-state index contributed by atoms with van der Waals surface area (Å²) in [4.78, 5) is 1.29. The second-order valence-electron chi connectivity index (χ2n) is 4.99. The van der Waals surface area contributed by atoms with Gasteiger partial charge in [0, 0.05) is 28.4 Å². The molecular formula is C14H20N2O3S2. The second kappa shape index (κ2) is 6.31. The van der Waals surface area contributed by atoms with E-state index in [9.17, 15) is 8.42 Å². The van der Waals surface area contributed by atoms with E-state index in [0.717, 1.165) is 22.0 Å². The summed E-state index contributed by atoms with van der Waals surface area (Å²) in [5.74, 6) is 1.52. The predicted molar refractivity (Wildman–Crippen MR) is 84.0 cm³/mol. The zero-order valence-corrected chi connectivity index (χ0v) is 14.2. The summed E-state index contributed by atoms with van der Waals surface area (Å²) in [6.07, 6.45) is 0. The number of hydrogen-bond donors (Lipinski definition) is 2. The van der Waals surface area contributed by atoms with Gasteiger partial charge in [-0.3, -0.25) is 0 Å². The lowest BCUT2D eigenvalue weighted by Gasteiger charge is -2.12. The molecule has 0 saturated carbocycles. The number of aryl methyl sites for hydroxylation is 2. The highest BCUT2D eigenvalue weighted by Crippen LogP contribution is 2.25. The molecule has 7 heteroatoms. The van der Waals surface area contributed by atoms with Gasteiger partial charge in [0.15, 0.2) is 0 Å². The average molecular weight is 328 g/mol. The number of nitrogens with one attached hydrogen (secondary N) is 2. The highest BCUT2D eigenvalue weighted by atomic mass is 32.2. The summed E-state index contributed by atoms with van der Waals surface area (Å²) in [7, 11) is -1.69. The van der Waals surface area contributed by atoms with E-state index in [-0.39, 0.29) is 6.04 Å². The molecule has 5 nitrogen and oxygen atoms in total. The minimum atomic E-state index is -3.52. The van der Waals surface area contributed by atoms with Crippen molar-refractivity contribution in [3.05, 3.63) is 39.5 Å². The Morgan fingerprint density at radius 2 is 2.05 bits per heavy atom. The van der Waals surface area contributed by atoms with Crippen molar-refractivity contribution in [2.45, 2.75) is 38.3 Å². The standard InChI is InChI=1S/C14H20N2O3S2/c1-9-5-14(11(3)19-9)10(2)16-21(17,18)13-6-12(7-15-4)20-8-13/h5-6,8,10,15-16H,7H2,1-4H3. The van der Waals surface area contributed by atoms with E-state index in [1.165, 1.54) is 11.3 Å². The van der Waals surface area contributed by atoms with Crippen LogP contribution >= 0.6 is 11.3 Å². The third-order valence-corrected chi connectivity index (χ3v) is 5.77. The van der Waals surface area contributed by atoms with Gasteiger partial charge in [0.25, 0.3) is 0 Å². The highest BCUT2D eigenvalue weighted by molar-refractivity contribution is 7.89. The molecule has 0 aromatic carbocycles. The molecule has 0 radical (unpaired) electrons. The maximum atomic E-state index is 12.4. The fraction of sp³-hybridized carbons (Fsp3) is 0.429. The summed E-state index contributed by atoms with van der Waals surface area (Å²) >= 11 is 1.43. The number of furan rings is 1. The van der Waals surface area contributed by atoms with Crippen LogP contribution in [-0.2, 0) is 16.6 Å². The number of thiophene rings is 1. The van der Waals surface area contributed by atoms with Crippen molar-refractivity contribution < 1.29 is 12.8 Å². The molecule has 0 fully saturated rings. The molecule has 2 aromatic heterocycles. The highest BCUT2D eigenvalue weighted by Gasteiger charge is 2.22. The van der Waals surface area contributed by atoms with Gasteiger partial charge in [0.1, 0.15) is 11.5 Å². The van der Waals surface area contributed by atoms with Gasteiger partial charge in [-0.05, 0) is 40.0 Å².